The predicted molar refractivity (Wildman–Crippen MR) is 65.8 cm³/mol. The highest BCUT2D eigenvalue weighted by molar-refractivity contribution is 4.84. The van der Waals surface area contributed by atoms with E-state index in [9.17, 15) is 0 Å². The van der Waals surface area contributed by atoms with Gasteiger partial charge in [0.2, 0.25) is 0 Å². The molecular formula is C12H25N3O. The zero-order valence-corrected chi connectivity index (χ0v) is 10.6. The van der Waals surface area contributed by atoms with Crippen LogP contribution in [-0.4, -0.2) is 75.4 Å². The Morgan fingerprint density at radius 1 is 1.38 bits per heavy atom. The van der Waals surface area contributed by atoms with Gasteiger partial charge < -0.3 is 15.0 Å². The van der Waals surface area contributed by atoms with Crippen molar-refractivity contribution in [2.24, 2.45) is 0 Å². The minimum absolute atomic E-state index is 0.413. The van der Waals surface area contributed by atoms with Crippen LogP contribution in [-0.2, 0) is 4.74 Å². The molecule has 0 aromatic carbocycles. The first-order chi connectivity index (χ1) is 7.79. The summed E-state index contributed by atoms with van der Waals surface area (Å²) >= 11 is 0. The van der Waals surface area contributed by atoms with Gasteiger partial charge in [-0.1, -0.05) is 0 Å². The Labute approximate surface area is 98.9 Å². The van der Waals surface area contributed by atoms with Gasteiger partial charge in [0.15, 0.2) is 0 Å². The van der Waals surface area contributed by atoms with Gasteiger partial charge in [0.1, 0.15) is 0 Å². The van der Waals surface area contributed by atoms with Gasteiger partial charge >= 0.3 is 0 Å². The van der Waals surface area contributed by atoms with E-state index in [1.54, 1.807) is 0 Å². The van der Waals surface area contributed by atoms with E-state index < -0.39 is 0 Å². The molecule has 2 saturated heterocycles. The quantitative estimate of drug-likeness (QED) is 0.732. The van der Waals surface area contributed by atoms with Crippen molar-refractivity contribution in [1.29, 1.82) is 0 Å². The van der Waals surface area contributed by atoms with Crippen LogP contribution in [0.25, 0.3) is 0 Å². The van der Waals surface area contributed by atoms with Crippen molar-refractivity contribution < 1.29 is 4.74 Å². The molecule has 0 aromatic heterocycles. The molecule has 0 radical (unpaired) electrons. The Morgan fingerprint density at radius 3 is 3.00 bits per heavy atom. The topological polar surface area (TPSA) is 27.7 Å². The zero-order chi connectivity index (χ0) is 11.4. The number of ether oxygens (including phenoxy) is 1. The molecule has 2 unspecified atom stereocenters. The van der Waals surface area contributed by atoms with Crippen LogP contribution in [0.5, 0.6) is 0 Å². The van der Waals surface area contributed by atoms with Crippen molar-refractivity contribution in [3.8, 4) is 0 Å². The number of hydrogen-bond donors (Lipinski definition) is 1. The molecule has 1 N–H and O–H groups in total. The second kappa shape index (κ2) is 5.96. The Hall–Kier alpha value is -0.160. The van der Waals surface area contributed by atoms with E-state index in [4.69, 9.17) is 4.74 Å². The Kier molecular flexibility index (Phi) is 4.58. The van der Waals surface area contributed by atoms with Gasteiger partial charge in [-0.15, -0.1) is 0 Å². The fourth-order valence-electron chi connectivity index (χ4n) is 2.84. The number of nitrogens with one attached hydrogen (secondary N) is 1. The second-order valence-electron chi connectivity index (χ2n) is 5.10. The number of nitrogens with zero attached hydrogens (tertiary/aromatic N) is 2. The van der Waals surface area contributed by atoms with Crippen LogP contribution in [0.1, 0.15) is 12.8 Å². The molecule has 94 valence electrons. The standard InChI is InChI=1S/C12H25N3O/c1-13-8-11-4-3-5-15(11)10-12-9-14(2)6-7-16-12/h11-13H,3-10H2,1-2H3. The van der Waals surface area contributed by atoms with Crippen molar-refractivity contribution in [1.82, 2.24) is 15.1 Å². The highest BCUT2D eigenvalue weighted by Crippen LogP contribution is 2.18. The largest absolute Gasteiger partial charge is 0.374 e. The summed E-state index contributed by atoms with van der Waals surface area (Å²) < 4.78 is 5.83. The molecule has 0 aliphatic carbocycles. The maximum Gasteiger partial charge on any atom is 0.0829 e. The third kappa shape index (κ3) is 3.17. The van der Waals surface area contributed by atoms with Crippen molar-refractivity contribution in [3.63, 3.8) is 0 Å². The van der Waals surface area contributed by atoms with Crippen molar-refractivity contribution in [3.05, 3.63) is 0 Å². The van der Waals surface area contributed by atoms with E-state index >= 15 is 0 Å². The third-order valence-corrected chi connectivity index (χ3v) is 3.72. The van der Waals surface area contributed by atoms with Crippen LogP contribution < -0.4 is 5.32 Å². The van der Waals surface area contributed by atoms with Gasteiger partial charge in [0, 0.05) is 32.2 Å². The highest BCUT2D eigenvalue weighted by Gasteiger charge is 2.28. The summed E-state index contributed by atoms with van der Waals surface area (Å²) in [5.74, 6) is 0. The Balaban J connectivity index is 1.79. The SMILES string of the molecule is CNCC1CCCN1CC1CN(C)CCO1. The molecule has 2 atom stereocenters. The molecule has 2 aliphatic heterocycles. The van der Waals surface area contributed by atoms with Gasteiger partial charge in [0.25, 0.3) is 0 Å². The highest BCUT2D eigenvalue weighted by atomic mass is 16.5. The van der Waals surface area contributed by atoms with E-state index in [0.717, 1.165) is 38.8 Å². The van der Waals surface area contributed by atoms with E-state index in [1.165, 1.54) is 19.4 Å². The Bertz CT molecular complexity index is 212. The number of likely N-dealkylation sites (N-methyl/N-ethyl adjacent to an activating group) is 2. The first-order valence-electron chi connectivity index (χ1n) is 6.48. The van der Waals surface area contributed by atoms with Crippen LogP contribution in [0, 0.1) is 0 Å². The predicted octanol–water partition coefficient (Wildman–Crippen LogP) is 0.000800. The monoisotopic (exact) mass is 227 g/mol. The van der Waals surface area contributed by atoms with E-state index in [-0.39, 0.29) is 0 Å². The molecule has 0 amide bonds. The Morgan fingerprint density at radius 2 is 2.25 bits per heavy atom. The maximum atomic E-state index is 5.83. The minimum Gasteiger partial charge on any atom is -0.374 e. The summed E-state index contributed by atoms with van der Waals surface area (Å²) in [6.07, 6.45) is 3.09. The van der Waals surface area contributed by atoms with Crippen LogP contribution in [0.2, 0.25) is 0 Å². The van der Waals surface area contributed by atoms with Crippen molar-refractivity contribution in [2.45, 2.75) is 25.0 Å². The molecule has 16 heavy (non-hydrogen) atoms. The lowest BCUT2D eigenvalue weighted by molar-refractivity contribution is -0.0370. The van der Waals surface area contributed by atoms with Gasteiger partial charge in [-0.2, -0.15) is 0 Å². The lowest BCUT2D eigenvalue weighted by Gasteiger charge is -2.34. The van der Waals surface area contributed by atoms with E-state index in [2.05, 4.69) is 22.2 Å². The van der Waals surface area contributed by atoms with Gasteiger partial charge in [-0.05, 0) is 33.5 Å². The number of hydrogen-bond acceptors (Lipinski definition) is 4. The first kappa shape index (κ1) is 12.3. The lowest BCUT2D eigenvalue weighted by Crippen LogP contribution is -2.48. The maximum absolute atomic E-state index is 5.83. The minimum atomic E-state index is 0.413. The molecule has 0 bridgehead atoms. The summed E-state index contributed by atoms with van der Waals surface area (Å²) in [4.78, 5) is 4.97. The van der Waals surface area contributed by atoms with Crippen molar-refractivity contribution >= 4 is 0 Å². The summed E-state index contributed by atoms with van der Waals surface area (Å²) in [5, 5.41) is 3.29. The molecule has 4 nitrogen and oxygen atoms in total. The summed E-state index contributed by atoms with van der Waals surface area (Å²) in [6, 6.07) is 0.723. The molecular weight excluding hydrogens is 202 g/mol. The zero-order valence-electron chi connectivity index (χ0n) is 10.6. The molecule has 2 heterocycles. The van der Waals surface area contributed by atoms with Crippen molar-refractivity contribution in [2.75, 3.05) is 53.4 Å². The molecule has 4 heteroatoms. The average Bonchev–Trinajstić information content (AvgIpc) is 2.66. The molecule has 0 saturated carbocycles. The third-order valence-electron chi connectivity index (χ3n) is 3.72. The molecule has 0 spiro atoms. The van der Waals surface area contributed by atoms with Crippen LogP contribution >= 0.6 is 0 Å². The van der Waals surface area contributed by atoms with Gasteiger partial charge in [-0.25, -0.2) is 0 Å². The number of rotatable bonds is 4. The van der Waals surface area contributed by atoms with E-state index in [1.807, 2.05) is 7.05 Å². The van der Waals surface area contributed by atoms with Crippen LogP contribution in [0.4, 0.5) is 0 Å². The van der Waals surface area contributed by atoms with Crippen LogP contribution in [0.15, 0.2) is 0 Å². The lowest BCUT2D eigenvalue weighted by atomic mass is 10.2. The summed E-state index contributed by atoms with van der Waals surface area (Å²) in [7, 11) is 4.23. The number of likely N-dealkylation sites (tertiary alicyclic amines) is 1. The summed E-state index contributed by atoms with van der Waals surface area (Å²) in [5.41, 5.74) is 0. The number of morpholine rings is 1. The first-order valence-corrected chi connectivity index (χ1v) is 6.48. The molecule has 0 aromatic rings. The smallest absolute Gasteiger partial charge is 0.0829 e. The van der Waals surface area contributed by atoms with Crippen LogP contribution in [0.3, 0.4) is 0 Å². The fraction of sp³-hybridized carbons (Fsp3) is 1.00. The van der Waals surface area contributed by atoms with E-state index in [0.29, 0.717) is 6.10 Å². The summed E-state index contributed by atoms with van der Waals surface area (Å²) in [6.45, 7) is 6.53. The van der Waals surface area contributed by atoms with Gasteiger partial charge in [-0.3, -0.25) is 4.90 Å². The molecule has 2 fully saturated rings. The molecule has 2 aliphatic rings. The van der Waals surface area contributed by atoms with Gasteiger partial charge in [0.05, 0.1) is 12.7 Å². The second-order valence-corrected chi connectivity index (χ2v) is 5.10. The normalized spacial score (nSPS) is 33.4. The molecule has 2 rings (SSSR count). The average molecular weight is 227 g/mol. The fourth-order valence-corrected chi connectivity index (χ4v) is 2.84.